The van der Waals surface area contributed by atoms with E-state index in [0.717, 1.165) is 13.1 Å². The topological polar surface area (TPSA) is 12.0 Å². The van der Waals surface area contributed by atoms with Crippen molar-refractivity contribution in [3.63, 3.8) is 0 Å². The van der Waals surface area contributed by atoms with Crippen molar-refractivity contribution in [2.75, 3.05) is 13.1 Å². The number of rotatable bonds is 0. The van der Waals surface area contributed by atoms with Crippen molar-refractivity contribution in [3.05, 3.63) is 13.8 Å². The van der Waals surface area contributed by atoms with Crippen molar-refractivity contribution in [3.8, 4) is 0 Å². The molecule has 1 aliphatic rings. The van der Waals surface area contributed by atoms with Crippen molar-refractivity contribution in [2.45, 2.75) is 0 Å². The fraction of sp³-hybridized carbons (Fsp3) is 0.667. The van der Waals surface area contributed by atoms with Crippen molar-refractivity contribution < 1.29 is 0 Å². The third-order valence-electron chi connectivity index (χ3n) is 1.48. The van der Waals surface area contributed by atoms with Gasteiger partial charge in [0.1, 0.15) is 0 Å². The van der Waals surface area contributed by atoms with Crippen LogP contribution in [-0.2, 0) is 0 Å². The zero-order valence-corrected chi connectivity index (χ0v) is 4.48. The predicted molar refractivity (Wildman–Crippen MR) is 30.6 cm³/mol. The smallest absolute Gasteiger partial charge is 0.00173 e. The summed E-state index contributed by atoms with van der Waals surface area (Å²) >= 11 is 0. The molecule has 2 unspecified atom stereocenters. The second-order valence-electron chi connectivity index (χ2n) is 2.18. The highest BCUT2D eigenvalue weighted by atomic mass is 14.9. The molecule has 1 rings (SSSR count). The van der Waals surface area contributed by atoms with Crippen molar-refractivity contribution in [1.82, 2.24) is 5.32 Å². The molecule has 0 spiro atoms. The van der Waals surface area contributed by atoms with Crippen LogP contribution in [0.25, 0.3) is 0 Å². The fourth-order valence-electron chi connectivity index (χ4n) is 0.787. The second-order valence-corrected chi connectivity index (χ2v) is 2.18. The Morgan fingerprint density at radius 2 is 1.57 bits per heavy atom. The highest BCUT2D eigenvalue weighted by molar-refractivity contribution is 4.83. The maximum atomic E-state index is 3.89. The summed E-state index contributed by atoms with van der Waals surface area (Å²) in [4.78, 5) is 0. The Bertz CT molecular complexity index is 53.2. The van der Waals surface area contributed by atoms with Gasteiger partial charge in [0, 0.05) is 0 Å². The van der Waals surface area contributed by atoms with Gasteiger partial charge in [-0.15, -0.1) is 0 Å². The van der Waals surface area contributed by atoms with Crippen LogP contribution >= 0.6 is 0 Å². The number of hydrogen-bond donors (Lipinski definition) is 1. The fourth-order valence-corrected chi connectivity index (χ4v) is 0.787. The summed E-state index contributed by atoms with van der Waals surface area (Å²) in [5.41, 5.74) is 0. The molecule has 1 nitrogen and oxygen atoms in total. The van der Waals surface area contributed by atoms with Crippen LogP contribution in [0, 0.1) is 25.7 Å². The molecule has 0 aromatic carbocycles. The minimum absolute atomic E-state index is 0.542. The van der Waals surface area contributed by atoms with E-state index in [2.05, 4.69) is 19.2 Å². The third-order valence-corrected chi connectivity index (χ3v) is 1.48. The molecule has 0 amide bonds. The van der Waals surface area contributed by atoms with Gasteiger partial charge < -0.3 is 5.32 Å². The average Bonchev–Trinajstić information content (AvgIpc) is 1.91. The molecular formula is C6H11N. The molecule has 1 saturated heterocycles. The van der Waals surface area contributed by atoms with Gasteiger partial charge in [-0.3, -0.25) is 0 Å². The molecule has 1 heteroatoms. The Hall–Kier alpha value is -0.0400. The molecule has 1 heterocycles. The standard InChI is InChI=1S/C6H11N/c1-5-3-7-4-6(5)2/h5-7H,1-4H2. The van der Waals surface area contributed by atoms with Crippen LogP contribution in [-0.4, -0.2) is 13.1 Å². The lowest BCUT2D eigenvalue weighted by molar-refractivity contribution is 0.594. The van der Waals surface area contributed by atoms with Gasteiger partial charge in [0.25, 0.3) is 0 Å². The number of hydrogen-bond acceptors (Lipinski definition) is 1. The van der Waals surface area contributed by atoms with E-state index in [1.54, 1.807) is 0 Å². The van der Waals surface area contributed by atoms with Gasteiger partial charge in [-0.05, 0) is 38.8 Å². The van der Waals surface area contributed by atoms with Gasteiger partial charge in [-0.1, -0.05) is 0 Å². The Labute approximate surface area is 45.1 Å². The molecular weight excluding hydrogens is 86.1 g/mol. The Kier molecular flexibility index (Phi) is 1.33. The first-order valence-corrected chi connectivity index (χ1v) is 2.67. The van der Waals surface area contributed by atoms with E-state index < -0.39 is 0 Å². The minimum Gasteiger partial charge on any atom is -0.316 e. The quantitative estimate of drug-likeness (QED) is 0.464. The Morgan fingerprint density at radius 3 is 1.71 bits per heavy atom. The summed E-state index contributed by atoms with van der Waals surface area (Å²) in [7, 11) is 0. The molecule has 0 bridgehead atoms. The molecule has 1 fully saturated rings. The summed E-state index contributed by atoms with van der Waals surface area (Å²) in [5.74, 6) is 1.08. The first-order chi connectivity index (χ1) is 3.30. The SMILES string of the molecule is [CH2]C1CNCC1[CH2]. The molecule has 2 radical (unpaired) electrons. The molecule has 0 saturated carbocycles. The van der Waals surface area contributed by atoms with Gasteiger partial charge in [0.2, 0.25) is 0 Å². The maximum Gasteiger partial charge on any atom is -0.00173 e. The molecule has 2 atom stereocenters. The van der Waals surface area contributed by atoms with Crippen molar-refractivity contribution >= 4 is 0 Å². The molecule has 40 valence electrons. The maximum absolute atomic E-state index is 3.89. The second kappa shape index (κ2) is 1.83. The van der Waals surface area contributed by atoms with Crippen LogP contribution in [0.4, 0.5) is 0 Å². The third kappa shape index (κ3) is 0.942. The van der Waals surface area contributed by atoms with Crippen LogP contribution in [0.1, 0.15) is 0 Å². The number of nitrogens with one attached hydrogen (secondary N) is 1. The average molecular weight is 97.2 g/mol. The molecule has 0 aliphatic carbocycles. The van der Waals surface area contributed by atoms with E-state index in [4.69, 9.17) is 0 Å². The van der Waals surface area contributed by atoms with Crippen LogP contribution < -0.4 is 5.32 Å². The molecule has 7 heavy (non-hydrogen) atoms. The lowest BCUT2D eigenvalue weighted by atomic mass is 10.0. The van der Waals surface area contributed by atoms with Crippen molar-refractivity contribution in [1.29, 1.82) is 0 Å². The van der Waals surface area contributed by atoms with Gasteiger partial charge >= 0.3 is 0 Å². The van der Waals surface area contributed by atoms with E-state index in [1.165, 1.54) is 0 Å². The Morgan fingerprint density at radius 1 is 1.14 bits per heavy atom. The minimum atomic E-state index is 0.542. The summed E-state index contributed by atoms with van der Waals surface area (Å²) in [6, 6.07) is 0. The van der Waals surface area contributed by atoms with Crippen LogP contribution in [0.5, 0.6) is 0 Å². The Balaban J connectivity index is 2.33. The monoisotopic (exact) mass is 97.1 g/mol. The van der Waals surface area contributed by atoms with Gasteiger partial charge in [-0.2, -0.15) is 0 Å². The largest absolute Gasteiger partial charge is 0.316 e. The summed E-state index contributed by atoms with van der Waals surface area (Å²) in [6.07, 6.45) is 0. The van der Waals surface area contributed by atoms with Gasteiger partial charge in [0.15, 0.2) is 0 Å². The molecule has 1 N–H and O–H groups in total. The van der Waals surface area contributed by atoms with Crippen LogP contribution in [0.15, 0.2) is 0 Å². The highest BCUT2D eigenvalue weighted by Gasteiger charge is 2.17. The van der Waals surface area contributed by atoms with E-state index >= 15 is 0 Å². The zero-order valence-electron chi connectivity index (χ0n) is 4.48. The highest BCUT2D eigenvalue weighted by Crippen LogP contribution is 2.12. The van der Waals surface area contributed by atoms with Crippen molar-refractivity contribution in [2.24, 2.45) is 11.8 Å². The molecule has 0 aromatic heterocycles. The summed E-state index contributed by atoms with van der Waals surface area (Å²) in [5, 5.41) is 3.20. The van der Waals surface area contributed by atoms with Gasteiger partial charge in [-0.25, -0.2) is 0 Å². The lowest BCUT2D eigenvalue weighted by Gasteiger charge is -2.02. The molecule has 1 aliphatic heterocycles. The first kappa shape index (κ1) is 5.10. The summed E-state index contributed by atoms with van der Waals surface area (Å²) < 4.78 is 0. The normalized spacial score (nSPS) is 42.0. The van der Waals surface area contributed by atoms with Gasteiger partial charge in [0.05, 0.1) is 0 Å². The van der Waals surface area contributed by atoms with E-state index in [1.807, 2.05) is 0 Å². The van der Waals surface area contributed by atoms with Crippen LogP contribution in [0.3, 0.4) is 0 Å². The molecule has 0 aromatic rings. The summed E-state index contributed by atoms with van der Waals surface area (Å²) in [6.45, 7) is 9.89. The van der Waals surface area contributed by atoms with E-state index in [0.29, 0.717) is 11.8 Å². The zero-order chi connectivity index (χ0) is 5.28. The lowest BCUT2D eigenvalue weighted by Crippen LogP contribution is -2.06. The van der Waals surface area contributed by atoms with E-state index in [-0.39, 0.29) is 0 Å². The predicted octanol–water partition coefficient (Wildman–Crippen LogP) is 0.490. The first-order valence-electron chi connectivity index (χ1n) is 2.67. The van der Waals surface area contributed by atoms with E-state index in [9.17, 15) is 0 Å². The van der Waals surface area contributed by atoms with Crippen LogP contribution in [0.2, 0.25) is 0 Å².